The van der Waals surface area contributed by atoms with Crippen LogP contribution in [0.5, 0.6) is 5.75 Å². The van der Waals surface area contributed by atoms with Crippen LogP contribution < -0.4 is 20.7 Å². The van der Waals surface area contributed by atoms with Gasteiger partial charge in [-0.05, 0) is 25.0 Å². The van der Waals surface area contributed by atoms with E-state index >= 15 is 0 Å². The molecule has 1 saturated heterocycles. The van der Waals surface area contributed by atoms with E-state index in [1.165, 1.54) is 13.2 Å². The number of rotatable bonds is 5. The number of aromatic nitrogens is 1. The molecule has 3 amide bonds. The van der Waals surface area contributed by atoms with Crippen LogP contribution in [0.15, 0.2) is 30.5 Å². The van der Waals surface area contributed by atoms with E-state index in [9.17, 15) is 31.5 Å². The maximum atomic E-state index is 14.5. The molecule has 4 rings (SSSR count). The Hall–Kier alpha value is -3.44. The Morgan fingerprint density at radius 1 is 1.21 bits per heavy atom. The van der Waals surface area contributed by atoms with Crippen molar-refractivity contribution in [3.8, 4) is 5.75 Å². The smallest absolute Gasteiger partial charge is 0.417 e. The van der Waals surface area contributed by atoms with Gasteiger partial charge in [-0.2, -0.15) is 13.2 Å². The maximum Gasteiger partial charge on any atom is 0.417 e. The Morgan fingerprint density at radius 3 is 2.39 bits per heavy atom. The SMILES string of the molecule is COc1cc(F)c([C@@H]2CNC(=O)[C@H]2NC(=O)NC2(c3ccc(C(F)(F)F)cn3)CC2)c(F)c1. The summed E-state index contributed by atoms with van der Waals surface area (Å²) in [5, 5.41) is 7.53. The van der Waals surface area contributed by atoms with Gasteiger partial charge in [0.25, 0.3) is 0 Å². The van der Waals surface area contributed by atoms with Crippen molar-refractivity contribution < 1.29 is 36.3 Å². The molecule has 7 nitrogen and oxygen atoms in total. The van der Waals surface area contributed by atoms with Crippen LogP contribution in [0.1, 0.15) is 35.6 Å². The van der Waals surface area contributed by atoms with E-state index in [0.717, 1.165) is 18.2 Å². The monoisotopic (exact) mass is 470 g/mol. The quantitative estimate of drug-likeness (QED) is 0.586. The Balaban J connectivity index is 1.49. The summed E-state index contributed by atoms with van der Waals surface area (Å²) in [6.07, 6.45) is -2.99. The summed E-state index contributed by atoms with van der Waals surface area (Å²) in [5.41, 5.74) is -2.02. The van der Waals surface area contributed by atoms with E-state index in [2.05, 4.69) is 20.9 Å². The number of carbonyl (C=O) groups is 2. The third kappa shape index (κ3) is 4.41. The molecule has 12 heteroatoms. The number of carbonyl (C=O) groups excluding carboxylic acids is 2. The number of urea groups is 1. The fourth-order valence-electron chi connectivity index (χ4n) is 3.90. The van der Waals surface area contributed by atoms with Crippen molar-refractivity contribution in [3.05, 3.63) is 58.9 Å². The average molecular weight is 470 g/mol. The molecule has 2 atom stereocenters. The highest BCUT2D eigenvalue weighted by molar-refractivity contribution is 5.90. The standard InChI is InChI=1S/C21H19F5N4O3/c1-33-11-6-13(22)16(14(23)7-11)12-9-28-18(31)17(12)29-19(32)30-20(4-5-20)15-3-2-10(8-27-15)21(24,25)26/h2-3,6-8,12,17H,4-5,9H2,1H3,(H,28,31)(H2,29,30,32)/t12-,17-/m0/s1. The second kappa shape index (κ2) is 8.16. The van der Waals surface area contributed by atoms with E-state index in [1.807, 2.05) is 0 Å². The zero-order chi connectivity index (χ0) is 24.0. The highest BCUT2D eigenvalue weighted by Gasteiger charge is 2.48. The van der Waals surface area contributed by atoms with Gasteiger partial charge in [0, 0.05) is 36.4 Å². The Bertz CT molecular complexity index is 1060. The van der Waals surface area contributed by atoms with Crippen LogP contribution in [0.25, 0.3) is 0 Å². The zero-order valence-corrected chi connectivity index (χ0v) is 17.2. The van der Waals surface area contributed by atoms with Gasteiger partial charge in [-0.1, -0.05) is 0 Å². The van der Waals surface area contributed by atoms with Gasteiger partial charge in [0.15, 0.2) is 0 Å². The molecule has 0 spiro atoms. The van der Waals surface area contributed by atoms with Crippen LogP contribution in [0.4, 0.5) is 26.7 Å². The minimum absolute atomic E-state index is 0.0343. The normalized spacial score (nSPS) is 21.3. The first-order chi connectivity index (χ1) is 15.5. The molecular weight excluding hydrogens is 451 g/mol. The van der Waals surface area contributed by atoms with Crippen LogP contribution in [0.2, 0.25) is 0 Å². The number of pyridine rings is 1. The van der Waals surface area contributed by atoms with Gasteiger partial charge in [0.1, 0.15) is 23.4 Å². The Labute approximate surface area is 184 Å². The fraction of sp³-hybridized carbons (Fsp3) is 0.381. The molecule has 1 aliphatic heterocycles. The van der Waals surface area contributed by atoms with Crippen LogP contribution >= 0.6 is 0 Å². The van der Waals surface area contributed by atoms with E-state index in [1.54, 1.807) is 0 Å². The maximum absolute atomic E-state index is 14.5. The number of amides is 3. The van der Waals surface area contributed by atoms with E-state index in [-0.39, 0.29) is 23.6 Å². The molecule has 176 valence electrons. The molecule has 2 fully saturated rings. The molecule has 2 aromatic rings. The number of nitrogens with one attached hydrogen (secondary N) is 3. The van der Waals surface area contributed by atoms with E-state index in [0.29, 0.717) is 19.0 Å². The van der Waals surface area contributed by atoms with Crippen molar-refractivity contribution in [3.63, 3.8) is 0 Å². The number of halogens is 5. The number of hydrogen-bond acceptors (Lipinski definition) is 4. The summed E-state index contributed by atoms with van der Waals surface area (Å²) in [6, 6.07) is 1.94. The summed E-state index contributed by atoms with van der Waals surface area (Å²) in [5.74, 6) is -3.52. The van der Waals surface area contributed by atoms with Crippen molar-refractivity contribution in [1.82, 2.24) is 20.9 Å². The van der Waals surface area contributed by atoms with Gasteiger partial charge in [-0.3, -0.25) is 9.78 Å². The molecule has 33 heavy (non-hydrogen) atoms. The Morgan fingerprint density at radius 2 is 1.88 bits per heavy atom. The second-order valence-electron chi connectivity index (χ2n) is 7.94. The van der Waals surface area contributed by atoms with Crippen molar-refractivity contribution in [1.29, 1.82) is 0 Å². The van der Waals surface area contributed by atoms with Gasteiger partial charge in [0.05, 0.1) is 23.9 Å². The summed E-state index contributed by atoms with van der Waals surface area (Å²) in [7, 11) is 1.25. The van der Waals surface area contributed by atoms with E-state index < -0.39 is 52.8 Å². The predicted molar refractivity (Wildman–Crippen MR) is 104 cm³/mol. The van der Waals surface area contributed by atoms with Crippen LogP contribution in [0.3, 0.4) is 0 Å². The number of alkyl halides is 3. The third-order valence-corrected chi connectivity index (χ3v) is 5.81. The van der Waals surface area contributed by atoms with Crippen molar-refractivity contribution >= 4 is 11.9 Å². The topological polar surface area (TPSA) is 92.4 Å². The minimum Gasteiger partial charge on any atom is -0.497 e. The molecule has 1 aromatic heterocycles. The van der Waals surface area contributed by atoms with Crippen LogP contribution in [-0.4, -0.2) is 36.6 Å². The Kier molecular flexibility index (Phi) is 5.62. The van der Waals surface area contributed by atoms with Gasteiger partial charge < -0.3 is 20.7 Å². The molecule has 1 aliphatic carbocycles. The van der Waals surface area contributed by atoms with Gasteiger partial charge in [-0.25, -0.2) is 13.6 Å². The molecule has 0 radical (unpaired) electrons. The first kappa shape index (κ1) is 22.7. The largest absolute Gasteiger partial charge is 0.497 e. The number of methoxy groups -OCH3 is 1. The lowest BCUT2D eigenvalue weighted by atomic mass is 9.93. The van der Waals surface area contributed by atoms with Crippen LogP contribution in [0, 0.1) is 11.6 Å². The van der Waals surface area contributed by atoms with Gasteiger partial charge in [-0.15, -0.1) is 0 Å². The molecule has 0 bridgehead atoms. The van der Waals surface area contributed by atoms with Gasteiger partial charge >= 0.3 is 12.2 Å². The number of benzene rings is 1. The molecule has 0 unspecified atom stereocenters. The molecule has 2 heterocycles. The fourth-order valence-corrected chi connectivity index (χ4v) is 3.90. The van der Waals surface area contributed by atoms with Gasteiger partial charge in [0.2, 0.25) is 5.91 Å². The zero-order valence-electron chi connectivity index (χ0n) is 17.2. The highest BCUT2D eigenvalue weighted by atomic mass is 19.4. The number of nitrogens with zero attached hydrogens (tertiary/aromatic N) is 1. The predicted octanol–water partition coefficient (Wildman–Crippen LogP) is 2.96. The number of ether oxygens (including phenoxy) is 1. The first-order valence-electron chi connectivity index (χ1n) is 9.97. The van der Waals surface area contributed by atoms with Crippen LogP contribution in [-0.2, 0) is 16.5 Å². The summed E-state index contributed by atoms with van der Waals surface area (Å²) < 4.78 is 72.2. The highest BCUT2D eigenvalue weighted by Crippen LogP contribution is 2.45. The van der Waals surface area contributed by atoms with Crippen molar-refractivity contribution in [2.75, 3.05) is 13.7 Å². The lowest BCUT2D eigenvalue weighted by molar-refractivity contribution is -0.137. The lowest BCUT2D eigenvalue weighted by Crippen LogP contribution is -2.50. The summed E-state index contributed by atoms with van der Waals surface area (Å²) >= 11 is 0. The molecule has 2 aliphatic rings. The molecule has 3 N–H and O–H groups in total. The second-order valence-corrected chi connectivity index (χ2v) is 7.94. The average Bonchev–Trinajstić information content (AvgIpc) is 3.45. The molecule has 1 saturated carbocycles. The van der Waals surface area contributed by atoms with Crippen molar-refractivity contribution in [2.24, 2.45) is 0 Å². The summed E-state index contributed by atoms with van der Waals surface area (Å²) in [4.78, 5) is 28.7. The minimum atomic E-state index is -4.54. The summed E-state index contributed by atoms with van der Waals surface area (Å²) in [6.45, 7) is -0.102. The molecule has 1 aromatic carbocycles. The number of hydrogen-bond donors (Lipinski definition) is 3. The first-order valence-corrected chi connectivity index (χ1v) is 9.97. The van der Waals surface area contributed by atoms with Crippen molar-refractivity contribution in [2.45, 2.75) is 36.5 Å². The lowest BCUT2D eigenvalue weighted by Gasteiger charge is -2.23. The van der Waals surface area contributed by atoms with E-state index in [4.69, 9.17) is 4.74 Å². The molecular formula is C21H19F5N4O3. The third-order valence-electron chi connectivity index (χ3n) is 5.81.